The van der Waals surface area contributed by atoms with Crippen molar-refractivity contribution in [1.29, 1.82) is 0 Å². The van der Waals surface area contributed by atoms with E-state index in [4.69, 9.17) is 15.0 Å². The smallest absolute Gasteiger partial charge is 0.238 e. The quantitative estimate of drug-likeness (QED) is 0.130. The fourth-order valence-corrected chi connectivity index (χ4v) is 17.9. The Bertz CT molecular complexity index is 7000. The largest absolute Gasteiger partial charge is 0.309 e. The molecule has 0 radical (unpaired) electrons. The Morgan fingerprint density at radius 3 is 1.03 bits per heavy atom. The summed E-state index contributed by atoms with van der Waals surface area (Å²) in [5.74, 6) is 1.71. The monoisotopic (exact) mass is 1400 g/mol. The van der Waals surface area contributed by atoms with Crippen LogP contribution in [0, 0.1) is 0 Å². The van der Waals surface area contributed by atoms with Gasteiger partial charge < -0.3 is 4.57 Å². The van der Waals surface area contributed by atoms with Gasteiger partial charge in [0.05, 0.1) is 22.1 Å². The first-order valence-electron chi connectivity index (χ1n) is 37.7. The average molecular weight is 1400 g/mol. The van der Waals surface area contributed by atoms with Gasteiger partial charge in [-0.1, -0.05) is 340 Å². The van der Waals surface area contributed by atoms with E-state index in [-0.39, 0.29) is 0 Å². The van der Waals surface area contributed by atoms with Crippen LogP contribution in [0.2, 0.25) is 0 Å². The molecule has 5 nitrogen and oxygen atoms in total. The summed E-state index contributed by atoms with van der Waals surface area (Å²) in [5.41, 5.74) is 23.2. The molecule has 0 saturated carbocycles. The number of rotatable bonds is 11. The standard InChI is InChI=1S/C105H65N5/c1-4-30-70(31-5-1)103-106-104(71-32-6-2-7-33-71)108-105(107-103)110-97-60-54-72(65-95(97)93-59-61-98-101(102(93)110)94-44-18-19-53-96(94)109(98)76-38-8-3-9-39-76)73-62-74(81-55-57-91(85-47-22-36-68-28-12-16-42-79(68)85)99-87(81)49-24-51-89(99)83-45-20-34-66-26-10-14-40-77(66)83)64-75(63-73)82-56-58-92(86-48-23-37-69-29-13-17-43-80(69)86)100-88(82)50-25-52-90(100)84-46-21-35-67-27-11-15-41-78(67)84/h1-65H. The van der Waals surface area contributed by atoms with Crippen molar-refractivity contribution >= 4 is 108 Å². The van der Waals surface area contributed by atoms with Crippen LogP contribution in [0.5, 0.6) is 0 Å². The third-order valence-electron chi connectivity index (χ3n) is 22.8. The molecule has 0 saturated heterocycles. The second-order valence-electron chi connectivity index (χ2n) is 28.8. The van der Waals surface area contributed by atoms with E-state index in [2.05, 4.69) is 367 Å². The van der Waals surface area contributed by atoms with Gasteiger partial charge in [0.1, 0.15) is 0 Å². The lowest BCUT2D eigenvalue weighted by Gasteiger charge is -2.20. The Morgan fingerprint density at radius 1 is 0.173 bits per heavy atom. The third kappa shape index (κ3) is 10.1. The van der Waals surface area contributed by atoms with Gasteiger partial charge in [-0.05, 0) is 197 Å². The van der Waals surface area contributed by atoms with Crippen LogP contribution in [0.1, 0.15) is 0 Å². The molecule has 110 heavy (non-hydrogen) atoms. The van der Waals surface area contributed by atoms with Gasteiger partial charge in [0.15, 0.2) is 11.6 Å². The number of para-hydroxylation sites is 2. The maximum Gasteiger partial charge on any atom is 0.238 e. The molecule has 0 atom stereocenters. The lowest BCUT2D eigenvalue weighted by atomic mass is 9.83. The molecule has 19 aromatic carbocycles. The minimum absolute atomic E-state index is 0.530. The van der Waals surface area contributed by atoms with E-state index in [0.29, 0.717) is 17.6 Å². The SMILES string of the molecule is c1ccc(-c2nc(-c3ccccc3)nc(-n3c4ccc(-c5cc(-c6ccc(-c7cccc8ccccc78)c7c(-c8cccc9ccccc89)cccc67)cc(-c6ccc(-c7cccc8ccccc78)c7c(-c8cccc9ccccc89)cccc67)c5)cc4c4ccc5c(c6ccccc6n5-c5ccccc5)c43)n2)cc1. The van der Waals surface area contributed by atoms with Crippen LogP contribution < -0.4 is 0 Å². The van der Waals surface area contributed by atoms with Gasteiger partial charge in [-0.25, -0.2) is 4.98 Å². The highest BCUT2D eigenvalue weighted by Crippen LogP contribution is 2.50. The zero-order valence-electron chi connectivity index (χ0n) is 59.8. The summed E-state index contributed by atoms with van der Waals surface area (Å²) < 4.78 is 4.71. The van der Waals surface area contributed by atoms with Crippen molar-refractivity contribution in [3.05, 3.63) is 394 Å². The molecule has 0 N–H and O–H groups in total. The second kappa shape index (κ2) is 25.6. The van der Waals surface area contributed by atoms with Crippen molar-refractivity contribution in [3.63, 3.8) is 0 Å². The number of nitrogens with zero attached hydrogens (tertiary/aromatic N) is 5. The first kappa shape index (κ1) is 62.7. The number of hydrogen-bond donors (Lipinski definition) is 0. The first-order valence-corrected chi connectivity index (χ1v) is 37.7. The van der Waals surface area contributed by atoms with Crippen LogP contribution in [0.15, 0.2) is 394 Å². The van der Waals surface area contributed by atoms with Crippen LogP contribution in [0.25, 0.3) is 221 Å². The van der Waals surface area contributed by atoms with Crippen molar-refractivity contribution in [2.75, 3.05) is 0 Å². The van der Waals surface area contributed by atoms with E-state index in [0.717, 1.165) is 105 Å². The number of aromatic nitrogens is 5. The fraction of sp³-hybridized carbons (Fsp3) is 0. The third-order valence-corrected chi connectivity index (χ3v) is 22.8. The maximum absolute atomic E-state index is 5.54. The molecule has 5 heteroatoms. The highest BCUT2D eigenvalue weighted by molar-refractivity contribution is 6.27. The normalized spacial score (nSPS) is 11.8. The summed E-state index contributed by atoms with van der Waals surface area (Å²) in [5, 5.41) is 18.8. The molecule has 0 spiro atoms. The summed E-state index contributed by atoms with van der Waals surface area (Å²) >= 11 is 0. The summed E-state index contributed by atoms with van der Waals surface area (Å²) in [6.07, 6.45) is 0. The lowest BCUT2D eigenvalue weighted by Crippen LogP contribution is -2.06. The second-order valence-corrected chi connectivity index (χ2v) is 28.8. The molecule has 3 aromatic heterocycles. The topological polar surface area (TPSA) is 48.5 Å². The van der Waals surface area contributed by atoms with E-state index < -0.39 is 0 Å². The minimum Gasteiger partial charge on any atom is -0.309 e. The number of hydrogen-bond acceptors (Lipinski definition) is 3. The Labute approximate surface area is 634 Å². The average Bonchev–Trinajstić information content (AvgIpc) is 1.56. The van der Waals surface area contributed by atoms with Crippen LogP contribution in [0.4, 0.5) is 0 Å². The Hall–Kier alpha value is -14.7. The predicted octanol–water partition coefficient (Wildman–Crippen LogP) is 28.0. The van der Waals surface area contributed by atoms with Crippen LogP contribution in [0.3, 0.4) is 0 Å². The molecular formula is C105H65N5. The molecule has 0 aliphatic rings. The van der Waals surface area contributed by atoms with Gasteiger partial charge in [0.25, 0.3) is 0 Å². The van der Waals surface area contributed by atoms with E-state index in [9.17, 15) is 0 Å². The molecule has 0 unspecified atom stereocenters. The minimum atomic E-state index is 0.530. The molecule has 22 rings (SSSR count). The van der Waals surface area contributed by atoms with Crippen LogP contribution in [-0.2, 0) is 0 Å². The van der Waals surface area contributed by atoms with Crippen molar-refractivity contribution in [3.8, 4) is 112 Å². The number of benzene rings is 19. The number of fused-ring (bicyclic) bond motifs is 13. The zero-order valence-corrected chi connectivity index (χ0v) is 59.8. The summed E-state index contributed by atoms with van der Waals surface area (Å²) in [6.45, 7) is 0. The summed E-state index contributed by atoms with van der Waals surface area (Å²) in [6, 6.07) is 145. The molecule has 22 aromatic rings. The van der Waals surface area contributed by atoms with Crippen molar-refractivity contribution in [2.45, 2.75) is 0 Å². The van der Waals surface area contributed by atoms with Gasteiger partial charge in [-0.15, -0.1) is 0 Å². The highest BCUT2D eigenvalue weighted by atomic mass is 15.2. The summed E-state index contributed by atoms with van der Waals surface area (Å²) in [4.78, 5) is 16.3. The zero-order chi connectivity index (χ0) is 72.3. The van der Waals surface area contributed by atoms with Crippen molar-refractivity contribution in [1.82, 2.24) is 24.1 Å². The van der Waals surface area contributed by atoms with Gasteiger partial charge >= 0.3 is 0 Å². The van der Waals surface area contributed by atoms with Gasteiger partial charge in [0, 0.05) is 38.4 Å². The lowest BCUT2D eigenvalue weighted by molar-refractivity contribution is 0.955. The molecule has 0 amide bonds. The highest BCUT2D eigenvalue weighted by Gasteiger charge is 2.27. The molecule has 0 fully saturated rings. The Balaban J connectivity index is 0.847. The van der Waals surface area contributed by atoms with Gasteiger partial charge in [0.2, 0.25) is 5.95 Å². The van der Waals surface area contributed by atoms with E-state index in [1.54, 1.807) is 0 Å². The molecule has 510 valence electrons. The van der Waals surface area contributed by atoms with E-state index >= 15 is 0 Å². The van der Waals surface area contributed by atoms with Gasteiger partial charge in [-0.2, -0.15) is 9.97 Å². The van der Waals surface area contributed by atoms with Crippen LogP contribution >= 0.6 is 0 Å². The predicted molar refractivity (Wildman–Crippen MR) is 462 cm³/mol. The fourth-order valence-electron chi connectivity index (χ4n) is 17.9. The molecular weight excluding hydrogens is 1330 g/mol. The Morgan fingerprint density at radius 2 is 0.536 bits per heavy atom. The van der Waals surface area contributed by atoms with Crippen molar-refractivity contribution < 1.29 is 0 Å². The summed E-state index contributed by atoms with van der Waals surface area (Å²) in [7, 11) is 0. The molecule has 0 aliphatic carbocycles. The van der Waals surface area contributed by atoms with E-state index in [1.165, 1.54) is 98.4 Å². The Kier molecular flexibility index (Phi) is 14.6. The van der Waals surface area contributed by atoms with E-state index in [1.807, 2.05) is 36.4 Å². The molecule has 0 bridgehead atoms. The van der Waals surface area contributed by atoms with Crippen molar-refractivity contribution in [2.24, 2.45) is 0 Å². The molecule has 3 heterocycles. The van der Waals surface area contributed by atoms with Gasteiger partial charge in [-0.3, -0.25) is 4.57 Å². The van der Waals surface area contributed by atoms with Crippen LogP contribution in [-0.4, -0.2) is 24.1 Å². The maximum atomic E-state index is 5.54. The first-order chi connectivity index (χ1) is 54.6. The molecule has 0 aliphatic heterocycles.